The van der Waals surface area contributed by atoms with Crippen molar-refractivity contribution in [3.05, 3.63) is 77.5 Å². The van der Waals surface area contributed by atoms with Crippen LogP contribution in [0.2, 0.25) is 0 Å². The average molecular weight is 507 g/mol. The summed E-state index contributed by atoms with van der Waals surface area (Å²) < 4.78 is 10.9. The Kier molecular flexibility index (Phi) is 9.02. The predicted molar refractivity (Wildman–Crippen MR) is 141 cm³/mol. The van der Waals surface area contributed by atoms with Crippen molar-refractivity contribution in [2.24, 2.45) is 5.92 Å². The quantitative estimate of drug-likeness (QED) is 0.290. The molecule has 3 aromatic rings. The molecule has 1 heterocycles. The summed E-state index contributed by atoms with van der Waals surface area (Å²) in [5.74, 6) is -1.12. The molecular formula is C29H34N2O6. The fourth-order valence-corrected chi connectivity index (χ4v) is 3.75. The van der Waals surface area contributed by atoms with Gasteiger partial charge in [0.25, 0.3) is 0 Å². The van der Waals surface area contributed by atoms with E-state index in [9.17, 15) is 19.8 Å². The summed E-state index contributed by atoms with van der Waals surface area (Å²) in [4.78, 5) is 30.5. The van der Waals surface area contributed by atoms with Gasteiger partial charge in [-0.25, -0.2) is 9.78 Å². The lowest BCUT2D eigenvalue weighted by atomic mass is 9.96. The van der Waals surface area contributed by atoms with E-state index in [1.807, 2.05) is 50.1 Å². The maximum absolute atomic E-state index is 13.1. The first-order chi connectivity index (χ1) is 17.5. The predicted octanol–water partition coefficient (Wildman–Crippen LogP) is 4.44. The third-order valence-electron chi connectivity index (χ3n) is 6.50. The van der Waals surface area contributed by atoms with E-state index in [-0.39, 0.29) is 6.61 Å². The van der Waals surface area contributed by atoms with E-state index in [1.54, 1.807) is 50.6 Å². The molecule has 2 N–H and O–H groups in total. The summed E-state index contributed by atoms with van der Waals surface area (Å²) in [5.41, 5.74) is 3.34. The number of carbonyl (C=O) groups is 2. The highest BCUT2D eigenvalue weighted by molar-refractivity contribution is 5.92. The number of benzene rings is 2. The van der Waals surface area contributed by atoms with E-state index >= 15 is 0 Å². The summed E-state index contributed by atoms with van der Waals surface area (Å²) in [6.45, 7) is 5.96. The molecule has 8 heteroatoms. The molecule has 0 saturated carbocycles. The summed E-state index contributed by atoms with van der Waals surface area (Å²) in [6, 6.07) is 16.0. The number of hydrogen-bond donors (Lipinski definition) is 2. The molecule has 0 saturated heterocycles. The normalized spacial score (nSPS) is 12.3. The molecule has 0 amide bonds. The highest BCUT2D eigenvalue weighted by atomic mass is 16.5. The second-order valence-electron chi connectivity index (χ2n) is 9.77. The van der Waals surface area contributed by atoms with Crippen molar-refractivity contribution in [2.45, 2.75) is 39.3 Å². The molecule has 196 valence electrons. The molecule has 37 heavy (non-hydrogen) atoms. The zero-order chi connectivity index (χ0) is 27.2. The summed E-state index contributed by atoms with van der Waals surface area (Å²) in [6.07, 6.45) is 2.00. The van der Waals surface area contributed by atoms with Gasteiger partial charge in [0.15, 0.2) is 0 Å². The maximum Gasteiger partial charge on any atom is 0.343 e. The van der Waals surface area contributed by atoms with Crippen LogP contribution >= 0.6 is 0 Å². The SMILES string of the molecule is COc1cc(-c2ccc(C(=O)Oc3cccc(CC(C)C(=O)O)c3)cc2CN(C)C(C)(C)CO)ccn1. The van der Waals surface area contributed by atoms with Gasteiger partial charge in [0.2, 0.25) is 5.88 Å². The molecule has 0 fully saturated rings. The zero-order valence-electron chi connectivity index (χ0n) is 21.9. The topological polar surface area (TPSA) is 109 Å². The minimum atomic E-state index is -0.879. The van der Waals surface area contributed by atoms with E-state index in [0.717, 1.165) is 22.3 Å². The molecule has 0 aliphatic rings. The van der Waals surface area contributed by atoms with Crippen molar-refractivity contribution < 1.29 is 29.3 Å². The van der Waals surface area contributed by atoms with Gasteiger partial charge < -0.3 is 19.7 Å². The summed E-state index contributed by atoms with van der Waals surface area (Å²) in [5, 5.41) is 19.0. The fourth-order valence-electron chi connectivity index (χ4n) is 3.75. The van der Waals surface area contributed by atoms with Crippen LogP contribution in [0.3, 0.4) is 0 Å². The minimum Gasteiger partial charge on any atom is -0.481 e. The number of carboxylic acid groups (broad SMARTS) is 1. The van der Waals surface area contributed by atoms with Crippen LogP contribution in [0.15, 0.2) is 60.8 Å². The Bertz CT molecular complexity index is 1260. The highest BCUT2D eigenvalue weighted by Gasteiger charge is 2.24. The number of carboxylic acids is 1. The minimum absolute atomic E-state index is 0.0273. The van der Waals surface area contributed by atoms with Gasteiger partial charge in [0, 0.05) is 24.3 Å². The van der Waals surface area contributed by atoms with E-state index in [0.29, 0.717) is 30.2 Å². The first kappa shape index (κ1) is 27.8. The lowest BCUT2D eigenvalue weighted by Gasteiger charge is -2.34. The van der Waals surface area contributed by atoms with Crippen LogP contribution < -0.4 is 9.47 Å². The van der Waals surface area contributed by atoms with Crippen LogP contribution in [0.25, 0.3) is 11.1 Å². The number of nitrogens with zero attached hydrogens (tertiary/aromatic N) is 2. The molecule has 8 nitrogen and oxygen atoms in total. The van der Waals surface area contributed by atoms with Crippen LogP contribution in [0, 0.1) is 5.92 Å². The number of esters is 1. The molecule has 0 radical (unpaired) electrons. The van der Waals surface area contributed by atoms with Gasteiger partial charge in [-0.05, 0) is 79.9 Å². The number of methoxy groups -OCH3 is 1. The first-order valence-electron chi connectivity index (χ1n) is 12.0. The standard InChI is InChI=1S/C29H34N2O6/c1-19(27(33)34)13-20-7-6-8-24(14-20)37-28(35)22-9-10-25(21-11-12-30-26(16-21)36-5)23(15-22)17-31(4)29(2,3)18-32/h6-12,14-16,19,32H,13,17-18H2,1-5H3,(H,33,34). The van der Waals surface area contributed by atoms with Crippen LogP contribution in [0.1, 0.15) is 42.3 Å². The number of hydrogen-bond acceptors (Lipinski definition) is 7. The molecular weight excluding hydrogens is 472 g/mol. The second-order valence-corrected chi connectivity index (χ2v) is 9.77. The maximum atomic E-state index is 13.1. The lowest BCUT2D eigenvalue weighted by molar-refractivity contribution is -0.141. The van der Waals surface area contributed by atoms with Crippen molar-refractivity contribution >= 4 is 11.9 Å². The first-order valence-corrected chi connectivity index (χ1v) is 12.0. The molecule has 0 spiro atoms. The van der Waals surface area contributed by atoms with Crippen molar-refractivity contribution in [1.29, 1.82) is 0 Å². The third kappa shape index (κ3) is 7.15. The third-order valence-corrected chi connectivity index (χ3v) is 6.50. The lowest BCUT2D eigenvalue weighted by Crippen LogP contribution is -2.43. The Hall–Kier alpha value is -3.75. The zero-order valence-corrected chi connectivity index (χ0v) is 21.9. The van der Waals surface area contributed by atoms with Crippen LogP contribution in [0.5, 0.6) is 11.6 Å². The monoisotopic (exact) mass is 506 g/mol. The van der Waals surface area contributed by atoms with E-state index < -0.39 is 23.4 Å². The molecule has 0 bridgehead atoms. The fraction of sp³-hybridized carbons (Fsp3) is 0.345. The number of aliphatic carboxylic acids is 1. The van der Waals surface area contributed by atoms with E-state index in [4.69, 9.17) is 9.47 Å². The Labute approximate surface area is 217 Å². The van der Waals surface area contributed by atoms with Crippen LogP contribution in [-0.2, 0) is 17.8 Å². The summed E-state index contributed by atoms with van der Waals surface area (Å²) in [7, 11) is 3.47. The van der Waals surface area contributed by atoms with Gasteiger partial charge in [0.05, 0.1) is 25.2 Å². The highest BCUT2D eigenvalue weighted by Crippen LogP contribution is 2.30. The van der Waals surface area contributed by atoms with Gasteiger partial charge in [0.1, 0.15) is 5.75 Å². The molecule has 0 aliphatic carbocycles. The van der Waals surface area contributed by atoms with Gasteiger partial charge in [-0.3, -0.25) is 9.69 Å². The molecule has 3 rings (SSSR count). The van der Waals surface area contributed by atoms with Gasteiger partial charge in [-0.1, -0.05) is 25.1 Å². The number of ether oxygens (including phenoxy) is 2. The Balaban J connectivity index is 1.92. The van der Waals surface area contributed by atoms with Gasteiger partial charge in [-0.15, -0.1) is 0 Å². The Morgan fingerprint density at radius 3 is 2.54 bits per heavy atom. The number of aliphatic hydroxyl groups excluding tert-OH is 1. The van der Waals surface area contributed by atoms with Crippen molar-refractivity contribution in [3.8, 4) is 22.8 Å². The largest absolute Gasteiger partial charge is 0.481 e. The van der Waals surface area contributed by atoms with Crippen molar-refractivity contribution in [1.82, 2.24) is 9.88 Å². The van der Waals surface area contributed by atoms with Crippen molar-refractivity contribution in [2.75, 3.05) is 20.8 Å². The number of rotatable bonds is 11. The molecule has 1 atom stereocenters. The molecule has 1 aromatic heterocycles. The number of pyridine rings is 1. The molecule has 1 unspecified atom stereocenters. The smallest absolute Gasteiger partial charge is 0.343 e. The van der Waals surface area contributed by atoms with Crippen LogP contribution in [0.4, 0.5) is 0 Å². The number of likely N-dealkylation sites (N-methyl/N-ethyl adjacent to an activating group) is 1. The Morgan fingerprint density at radius 1 is 1.11 bits per heavy atom. The Morgan fingerprint density at radius 2 is 1.86 bits per heavy atom. The van der Waals surface area contributed by atoms with Crippen LogP contribution in [-0.4, -0.2) is 58.3 Å². The molecule has 0 aliphatic heterocycles. The van der Waals surface area contributed by atoms with Gasteiger partial charge in [-0.2, -0.15) is 0 Å². The molecule has 2 aromatic carbocycles. The van der Waals surface area contributed by atoms with E-state index in [1.165, 1.54) is 0 Å². The number of carbonyl (C=O) groups excluding carboxylic acids is 1. The van der Waals surface area contributed by atoms with Gasteiger partial charge >= 0.3 is 11.9 Å². The summed E-state index contributed by atoms with van der Waals surface area (Å²) >= 11 is 0. The second kappa shape index (κ2) is 12.0. The van der Waals surface area contributed by atoms with E-state index in [2.05, 4.69) is 4.98 Å². The average Bonchev–Trinajstić information content (AvgIpc) is 2.88. The number of aliphatic hydroxyl groups is 1. The van der Waals surface area contributed by atoms with Crippen molar-refractivity contribution in [3.63, 3.8) is 0 Å². The number of aromatic nitrogens is 1.